The lowest BCUT2D eigenvalue weighted by molar-refractivity contribution is -0.116. The molecule has 0 unspecified atom stereocenters. The topological polar surface area (TPSA) is 102 Å². The molecule has 1 amide bonds. The van der Waals surface area contributed by atoms with Gasteiger partial charge in [-0.3, -0.25) is 4.79 Å². The molecule has 1 saturated carbocycles. The summed E-state index contributed by atoms with van der Waals surface area (Å²) < 4.78 is 38.5. The summed E-state index contributed by atoms with van der Waals surface area (Å²) in [6.45, 7) is 1.98. The molecule has 0 atom stereocenters. The number of nitrogens with zero attached hydrogens (tertiary/aromatic N) is 1. The fraction of sp³-hybridized carbons (Fsp3) is 0.417. The van der Waals surface area contributed by atoms with Crippen LogP contribution in [0.4, 0.5) is 5.69 Å². The van der Waals surface area contributed by atoms with Crippen molar-refractivity contribution >= 4 is 27.6 Å². The Kier molecular flexibility index (Phi) is 8.46. The van der Waals surface area contributed by atoms with Crippen molar-refractivity contribution < 1.29 is 27.5 Å². The van der Waals surface area contributed by atoms with Gasteiger partial charge in [-0.2, -0.15) is 4.31 Å². The molecular formula is C24H30N2O6S. The summed E-state index contributed by atoms with van der Waals surface area (Å²) in [7, 11) is -2.67. The van der Waals surface area contributed by atoms with Gasteiger partial charge in [0.1, 0.15) is 5.75 Å². The third-order valence-electron chi connectivity index (χ3n) is 5.63. The minimum Gasteiger partial charge on any atom is -0.494 e. The fourth-order valence-electron chi connectivity index (χ4n) is 4.00. The van der Waals surface area contributed by atoms with Crippen LogP contribution in [0.1, 0.15) is 49.4 Å². The molecule has 0 aliphatic heterocycles. The van der Waals surface area contributed by atoms with Gasteiger partial charge in [-0.15, -0.1) is 0 Å². The molecule has 0 bridgehead atoms. The van der Waals surface area contributed by atoms with E-state index in [-0.39, 0.29) is 28.7 Å². The van der Waals surface area contributed by atoms with E-state index in [1.807, 2.05) is 6.92 Å². The van der Waals surface area contributed by atoms with E-state index in [9.17, 15) is 18.0 Å². The van der Waals surface area contributed by atoms with E-state index >= 15 is 0 Å². The molecule has 2 aromatic carbocycles. The Bertz CT molecular complexity index is 1060. The van der Waals surface area contributed by atoms with Crippen LogP contribution < -0.4 is 10.1 Å². The summed E-state index contributed by atoms with van der Waals surface area (Å²) in [5.74, 6) is -0.527. The Balaban J connectivity index is 1.85. The predicted octanol–water partition coefficient (Wildman–Crippen LogP) is 3.83. The highest BCUT2D eigenvalue weighted by molar-refractivity contribution is 7.89. The smallest absolute Gasteiger partial charge is 0.339 e. The molecule has 1 N–H and O–H groups in total. The lowest BCUT2D eigenvalue weighted by atomic mass is 9.95. The fourth-order valence-corrected chi connectivity index (χ4v) is 5.64. The van der Waals surface area contributed by atoms with Crippen LogP contribution in [0.25, 0.3) is 0 Å². The molecule has 0 spiro atoms. The number of rotatable bonds is 9. The first kappa shape index (κ1) is 24.7. The molecule has 0 radical (unpaired) electrons. The van der Waals surface area contributed by atoms with Crippen LogP contribution in [0, 0.1) is 0 Å². The number of ether oxygens (including phenoxy) is 2. The van der Waals surface area contributed by atoms with E-state index in [1.54, 1.807) is 30.3 Å². The second kappa shape index (κ2) is 11.3. The lowest BCUT2D eigenvalue weighted by Gasteiger charge is -2.33. The maximum atomic E-state index is 13.5. The molecule has 1 aliphatic carbocycles. The first-order valence-corrected chi connectivity index (χ1v) is 12.5. The van der Waals surface area contributed by atoms with Crippen LogP contribution in [-0.4, -0.2) is 50.9 Å². The third kappa shape index (κ3) is 6.11. The zero-order valence-corrected chi connectivity index (χ0v) is 19.8. The summed E-state index contributed by atoms with van der Waals surface area (Å²) in [5.41, 5.74) is 0.475. The van der Waals surface area contributed by atoms with Gasteiger partial charge in [-0.1, -0.05) is 31.4 Å². The van der Waals surface area contributed by atoms with Gasteiger partial charge in [-0.25, -0.2) is 13.2 Å². The Morgan fingerprint density at radius 2 is 1.70 bits per heavy atom. The number of anilines is 1. The second-order valence-electron chi connectivity index (χ2n) is 7.83. The van der Waals surface area contributed by atoms with Crippen LogP contribution in [0.3, 0.4) is 0 Å². The van der Waals surface area contributed by atoms with E-state index in [0.717, 1.165) is 19.3 Å². The molecule has 0 heterocycles. The number of para-hydroxylation sites is 1. The number of methoxy groups -OCH3 is 1. The van der Waals surface area contributed by atoms with Crippen molar-refractivity contribution in [2.45, 2.75) is 50.0 Å². The summed E-state index contributed by atoms with van der Waals surface area (Å²) in [4.78, 5) is 25.1. The average Bonchev–Trinajstić information content (AvgIpc) is 2.83. The highest BCUT2D eigenvalue weighted by Crippen LogP contribution is 2.29. The first-order chi connectivity index (χ1) is 15.9. The third-order valence-corrected chi connectivity index (χ3v) is 7.54. The SMILES string of the molecule is CCOc1ccc(S(=O)(=O)N(CC(=O)Nc2ccccc2C(=O)OC)C2CCCCC2)cc1. The Morgan fingerprint density at radius 3 is 2.33 bits per heavy atom. The maximum Gasteiger partial charge on any atom is 0.339 e. The Labute approximate surface area is 194 Å². The molecule has 9 heteroatoms. The van der Waals surface area contributed by atoms with Gasteiger partial charge in [0.05, 0.1) is 36.4 Å². The van der Waals surface area contributed by atoms with Gasteiger partial charge in [0.15, 0.2) is 0 Å². The molecule has 178 valence electrons. The number of hydrogen-bond donors (Lipinski definition) is 1. The van der Waals surface area contributed by atoms with Crippen molar-refractivity contribution in [3.05, 3.63) is 54.1 Å². The predicted molar refractivity (Wildman–Crippen MR) is 125 cm³/mol. The number of carbonyl (C=O) groups is 2. The molecular weight excluding hydrogens is 444 g/mol. The van der Waals surface area contributed by atoms with Crippen LogP contribution in [0.5, 0.6) is 5.75 Å². The molecule has 2 aromatic rings. The van der Waals surface area contributed by atoms with E-state index in [1.165, 1.54) is 29.6 Å². The van der Waals surface area contributed by atoms with Crippen molar-refractivity contribution in [2.24, 2.45) is 0 Å². The molecule has 1 aliphatic rings. The summed E-state index contributed by atoms with van der Waals surface area (Å²) in [6, 6.07) is 12.4. The van der Waals surface area contributed by atoms with Crippen LogP contribution in [-0.2, 0) is 19.6 Å². The molecule has 3 rings (SSSR count). The van der Waals surface area contributed by atoms with Gasteiger partial charge in [0.2, 0.25) is 15.9 Å². The number of nitrogens with one attached hydrogen (secondary N) is 1. The quantitative estimate of drug-likeness (QED) is 0.554. The first-order valence-electron chi connectivity index (χ1n) is 11.1. The van der Waals surface area contributed by atoms with Crippen molar-refractivity contribution in [2.75, 3.05) is 25.6 Å². The monoisotopic (exact) mass is 474 g/mol. The molecule has 1 fully saturated rings. The number of benzene rings is 2. The number of esters is 1. The minimum atomic E-state index is -3.93. The summed E-state index contributed by atoms with van der Waals surface area (Å²) in [5, 5.41) is 2.68. The van der Waals surface area contributed by atoms with Crippen molar-refractivity contribution in [3.63, 3.8) is 0 Å². The van der Waals surface area contributed by atoms with Gasteiger partial charge in [0, 0.05) is 6.04 Å². The zero-order valence-electron chi connectivity index (χ0n) is 19.0. The highest BCUT2D eigenvalue weighted by Gasteiger charge is 2.34. The number of hydrogen-bond acceptors (Lipinski definition) is 6. The molecule has 8 nitrogen and oxygen atoms in total. The number of sulfonamides is 1. The van der Waals surface area contributed by atoms with Crippen molar-refractivity contribution in [3.8, 4) is 5.75 Å². The Hall–Kier alpha value is -2.91. The maximum absolute atomic E-state index is 13.5. The summed E-state index contributed by atoms with van der Waals surface area (Å²) >= 11 is 0. The standard InChI is InChI=1S/C24H30N2O6S/c1-3-32-19-13-15-20(16-14-19)33(29,30)26(18-9-5-4-6-10-18)17-23(27)25-22-12-8-7-11-21(22)24(28)31-2/h7-8,11-16,18H,3-6,9-10,17H2,1-2H3,(H,25,27). The Morgan fingerprint density at radius 1 is 1.03 bits per heavy atom. The van der Waals surface area contributed by atoms with Gasteiger partial charge < -0.3 is 14.8 Å². The lowest BCUT2D eigenvalue weighted by Crippen LogP contribution is -2.45. The largest absolute Gasteiger partial charge is 0.494 e. The zero-order chi connectivity index (χ0) is 23.8. The van der Waals surface area contributed by atoms with Crippen LogP contribution >= 0.6 is 0 Å². The minimum absolute atomic E-state index is 0.110. The van der Waals surface area contributed by atoms with E-state index in [4.69, 9.17) is 9.47 Å². The molecule has 0 aromatic heterocycles. The van der Waals surface area contributed by atoms with Crippen molar-refractivity contribution in [1.29, 1.82) is 0 Å². The highest BCUT2D eigenvalue weighted by atomic mass is 32.2. The van der Waals surface area contributed by atoms with E-state index in [2.05, 4.69) is 5.32 Å². The van der Waals surface area contributed by atoms with E-state index in [0.29, 0.717) is 25.2 Å². The number of amides is 1. The summed E-state index contributed by atoms with van der Waals surface area (Å²) in [6.07, 6.45) is 4.26. The average molecular weight is 475 g/mol. The van der Waals surface area contributed by atoms with Gasteiger partial charge in [0.25, 0.3) is 0 Å². The molecule has 0 saturated heterocycles. The second-order valence-corrected chi connectivity index (χ2v) is 9.72. The van der Waals surface area contributed by atoms with Gasteiger partial charge in [-0.05, 0) is 56.2 Å². The molecule has 33 heavy (non-hydrogen) atoms. The normalized spacial score (nSPS) is 14.6. The van der Waals surface area contributed by atoms with Gasteiger partial charge >= 0.3 is 5.97 Å². The number of carbonyl (C=O) groups excluding carboxylic acids is 2. The van der Waals surface area contributed by atoms with Crippen LogP contribution in [0.2, 0.25) is 0 Å². The van der Waals surface area contributed by atoms with Crippen molar-refractivity contribution in [1.82, 2.24) is 4.31 Å². The van der Waals surface area contributed by atoms with Crippen LogP contribution in [0.15, 0.2) is 53.4 Å². The van der Waals surface area contributed by atoms with E-state index < -0.39 is 21.9 Å².